The summed E-state index contributed by atoms with van der Waals surface area (Å²) in [5.74, 6) is 0. The van der Waals surface area contributed by atoms with Gasteiger partial charge in [0, 0.05) is 20.0 Å². The standard InChI is InChI=1S/C14H27N2O3PS/c1-11(2)16(12(3)4)20(21,18-10-8-15-6)19-14-7-9-17-13(14)5/h11-14H,7-10H2,1-5H3/t13-,14?,20?/m1/s1/i5D,9T/t9-,13-,14?,20?. The fraction of sp³-hybridized carbons (Fsp3) is 0.929. The van der Waals surface area contributed by atoms with Crippen molar-refractivity contribution >= 4 is 18.4 Å². The molecular weight excluding hydrogens is 307 g/mol. The fourth-order valence-corrected chi connectivity index (χ4v) is 6.31. The van der Waals surface area contributed by atoms with Crippen molar-refractivity contribution in [2.75, 3.05) is 19.7 Å². The Labute approximate surface area is 136 Å². The second kappa shape index (κ2) is 8.57. The molecule has 1 aliphatic rings. The number of hydrogen-bond donors (Lipinski definition) is 0. The Morgan fingerprint density at radius 3 is 2.76 bits per heavy atom. The zero-order chi connectivity index (χ0) is 17.6. The summed E-state index contributed by atoms with van der Waals surface area (Å²) < 4.78 is 34.8. The van der Waals surface area contributed by atoms with Gasteiger partial charge in [-0.05, 0) is 52.8 Å². The average molecular weight is 337 g/mol. The van der Waals surface area contributed by atoms with E-state index < -0.39 is 25.4 Å². The first-order valence-corrected chi connectivity index (χ1v) is 9.76. The molecule has 122 valence electrons. The summed E-state index contributed by atoms with van der Waals surface area (Å²) in [6.07, 6.45) is -0.475. The smallest absolute Gasteiger partial charge is 0.265 e. The molecule has 1 fully saturated rings. The number of hydrogen-bond acceptors (Lipinski definition) is 4. The lowest BCUT2D eigenvalue weighted by Crippen LogP contribution is -2.37. The van der Waals surface area contributed by atoms with E-state index in [4.69, 9.17) is 34.9 Å². The highest BCUT2D eigenvalue weighted by Gasteiger charge is 2.38. The van der Waals surface area contributed by atoms with E-state index in [-0.39, 0.29) is 32.1 Å². The number of nitrogens with zero attached hydrogens (tertiary/aromatic N) is 2. The van der Waals surface area contributed by atoms with Gasteiger partial charge in [-0.3, -0.25) is 0 Å². The average Bonchev–Trinajstić information content (AvgIpc) is 2.77. The van der Waals surface area contributed by atoms with E-state index >= 15 is 0 Å². The summed E-state index contributed by atoms with van der Waals surface area (Å²) in [6.45, 7) is 12.0. The molecule has 0 saturated carbocycles. The third kappa shape index (κ3) is 5.28. The number of ether oxygens (including phenoxy) is 1. The number of rotatable bonds is 8. The van der Waals surface area contributed by atoms with Crippen LogP contribution in [0.15, 0.2) is 0 Å². The van der Waals surface area contributed by atoms with Gasteiger partial charge in [0.05, 0.1) is 13.6 Å². The van der Waals surface area contributed by atoms with E-state index in [2.05, 4.69) is 4.85 Å². The van der Waals surface area contributed by atoms with Gasteiger partial charge in [-0.1, -0.05) is 0 Å². The van der Waals surface area contributed by atoms with Crippen LogP contribution in [0.2, 0.25) is 0 Å². The largest absolute Gasteiger partial charge is 0.376 e. The maximum absolute atomic E-state index is 7.75. The van der Waals surface area contributed by atoms with Crippen LogP contribution in [0.1, 0.15) is 43.8 Å². The minimum Gasteiger partial charge on any atom is -0.376 e. The lowest BCUT2D eigenvalue weighted by Gasteiger charge is -2.40. The van der Waals surface area contributed by atoms with Crippen molar-refractivity contribution in [3.63, 3.8) is 0 Å². The van der Waals surface area contributed by atoms with E-state index in [0.29, 0.717) is 6.42 Å². The van der Waals surface area contributed by atoms with Crippen LogP contribution >= 0.6 is 6.64 Å². The Morgan fingerprint density at radius 2 is 2.24 bits per heavy atom. The minimum absolute atomic E-state index is 0.0286. The van der Waals surface area contributed by atoms with Gasteiger partial charge < -0.3 is 18.6 Å². The van der Waals surface area contributed by atoms with Crippen LogP contribution in [0.25, 0.3) is 4.85 Å². The van der Waals surface area contributed by atoms with Crippen LogP contribution in [-0.4, -0.2) is 48.7 Å². The van der Waals surface area contributed by atoms with Crippen molar-refractivity contribution in [3.05, 3.63) is 11.4 Å². The van der Waals surface area contributed by atoms with Crippen molar-refractivity contribution < 1.29 is 16.5 Å². The van der Waals surface area contributed by atoms with Gasteiger partial charge in [0.15, 0.2) is 0 Å². The Bertz CT molecular complexity index is 454. The van der Waals surface area contributed by atoms with E-state index in [0.717, 1.165) is 0 Å². The predicted octanol–water partition coefficient (Wildman–Crippen LogP) is 3.46. The van der Waals surface area contributed by atoms with Gasteiger partial charge in [-0.25, -0.2) is 11.2 Å². The quantitative estimate of drug-likeness (QED) is 0.385. The monoisotopic (exact) mass is 337 g/mol. The summed E-state index contributed by atoms with van der Waals surface area (Å²) in [4.78, 5) is 3.30. The molecule has 0 aromatic rings. The Kier molecular flexibility index (Phi) is 6.47. The summed E-state index contributed by atoms with van der Waals surface area (Å²) in [5.41, 5.74) is 0. The molecule has 1 saturated heterocycles. The minimum atomic E-state index is -2.82. The Hall–Kier alpha value is -0.0200. The highest BCUT2D eigenvalue weighted by Crippen LogP contribution is 2.56. The van der Waals surface area contributed by atoms with Crippen LogP contribution in [0.5, 0.6) is 0 Å². The van der Waals surface area contributed by atoms with Crippen molar-refractivity contribution in [2.45, 2.75) is 65.3 Å². The van der Waals surface area contributed by atoms with Crippen LogP contribution in [0, 0.1) is 6.57 Å². The predicted molar refractivity (Wildman–Crippen MR) is 88.7 cm³/mol. The van der Waals surface area contributed by atoms with Crippen LogP contribution in [0.3, 0.4) is 0 Å². The van der Waals surface area contributed by atoms with Crippen molar-refractivity contribution in [1.29, 1.82) is 0 Å². The van der Waals surface area contributed by atoms with Gasteiger partial charge in [0.1, 0.15) is 6.61 Å². The maximum Gasteiger partial charge on any atom is 0.265 e. The van der Waals surface area contributed by atoms with E-state index in [1.807, 2.05) is 32.4 Å². The zero-order valence-corrected chi connectivity index (χ0v) is 14.9. The zero-order valence-electron chi connectivity index (χ0n) is 15.2. The topological polar surface area (TPSA) is 35.3 Å². The molecule has 0 bridgehead atoms. The van der Waals surface area contributed by atoms with Gasteiger partial charge in [-0.15, -0.1) is 0 Å². The SMILES string of the molecule is [2H]C[C@H]1O[C@H]([3H])CC1OP(=S)(OCC[N+]#[C-])N(C(C)C)C(C)C. The molecule has 0 spiro atoms. The second-order valence-corrected chi connectivity index (χ2v) is 8.72. The summed E-state index contributed by atoms with van der Waals surface area (Å²) in [6, 6.07) is 0.245. The molecule has 21 heavy (non-hydrogen) atoms. The molecule has 1 rings (SSSR count). The lowest BCUT2D eigenvalue weighted by molar-refractivity contribution is 0.0539. The molecule has 2 unspecified atom stereocenters. The second-order valence-electron chi connectivity index (χ2n) is 5.47. The van der Waals surface area contributed by atoms with Gasteiger partial charge >= 0.3 is 0 Å². The normalized spacial score (nSPS) is 30.3. The molecule has 0 aliphatic carbocycles. The van der Waals surface area contributed by atoms with Gasteiger partial charge in [0.2, 0.25) is 6.54 Å². The maximum atomic E-state index is 7.75. The van der Waals surface area contributed by atoms with E-state index in [9.17, 15) is 0 Å². The van der Waals surface area contributed by atoms with Crippen molar-refractivity contribution in [3.8, 4) is 0 Å². The van der Waals surface area contributed by atoms with Crippen molar-refractivity contribution in [1.82, 2.24) is 4.67 Å². The molecule has 0 aromatic carbocycles. The molecule has 0 N–H and O–H groups in total. The fourth-order valence-electron chi connectivity index (χ4n) is 2.31. The van der Waals surface area contributed by atoms with Crippen LogP contribution in [-0.2, 0) is 25.6 Å². The first-order chi connectivity index (χ1) is 10.7. The highest BCUT2D eigenvalue weighted by atomic mass is 32.5. The van der Waals surface area contributed by atoms with E-state index in [1.54, 1.807) is 0 Å². The van der Waals surface area contributed by atoms with Crippen LogP contribution < -0.4 is 0 Å². The van der Waals surface area contributed by atoms with Gasteiger partial charge in [0.25, 0.3) is 6.64 Å². The molecule has 0 amide bonds. The van der Waals surface area contributed by atoms with Gasteiger partial charge in [-0.2, -0.15) is 0 Å². The first kappa shape index (κ1) is 15.9. The molecule has 0 radical (unpaired) electrons. The first-order valence-electron chi connectivity index (χ1n) is 8.45. The third-order valence-electron chi connectivity index (χ3n) is 3.08. The molecule has 7 heteroatoms. The summed E-state index contributed by atoms with van der Waals surface area (Å²) >= 11 is 5.78. The summed E-state index contributed by atoms with van der Waals surface area (Å²) in [5, 5.41) is 0. The Balaban J connectivity index is 2.99. The lowest BCUT2D eigenvalue weighted by atomic mass is 10.2. The molecule has 1 aliphatic heterocycles. The Morgan fingerprint density at radius 1 is 1.57 bits per heavy atom. The van der Waals surface area contributed by atoms with Crippen LogP contribution in [0.4, 0.5) is 0 Å². The highest BCUT2D eigenvalue weighted by molar-refractivity contribution is 8.08. The summed E-state index contributed by atoms with van der Waals surface area (Å²) in [7, 11) is 0. The molecule has 0 aromatic heterocycles. The molecule has 4 atom stereocenters. The molecule has 1 heterocycles. The van der Waals surface area contributed by atoms with E-state index in [1.165, 1.54) is 0 Å². The molecule has 5 nitrogen and oxygen atoms in total. The van der Waals surface area contributed by atoms with Crippen molar-refractivity contribution in [2.24, 2.45) is 0 Å². The third-order valence-corrected chi connectivity index (χ3v) is 6.76. The molecular formula is C14H27N2O3PS.